The van der Waals surface area contributed by atoms with E-state index in [1.807, 2.05) is 12.1 Å². The van der Waals surface area contributed by atoms with Crippen LogP contribution in [0.25, 0.3) is 221 Å². The van der Waals surface area contributed by atoms with Crippen molar-refractivity contribution in [3.63, 3.8) is 0 Å². The van der Waals surface area contributed by atoms with Crippen molar-refractivity contribution in [1.82, 2.24) is 18.3 Å². The summed E-state index contributed by atoms with van der Waals surface area (Å²) in [6, 6.07) is 149. The van der Waals surface area contributed by atoms with Gasteiger partial charge in [0.05, 0.1) is 44.1 Å². The van der Waals surface area contributed by atoms with Crippen LogP contribution >= 0.6 is 0 Å². The lowest BCUT2D eigenvalue weighted by Crippen LogP contribution is -1.94. The number of para-hydroxylation sites is 4. The van der Waals surface area contributed by atoms with Gasteiger partial charge in [0.2, 0.25) is 0 Å². The summed E-state index contributed by atoms with van der Waals surface area (Å²) in [5, 5.41) is 14.3. The lowest BCUT2D eigenvalue weighted by atomic mass is 10.00. The summed E-state index contributed by atoms with van der Waals surface area (Å²) in [7, 11) is 0. The summed E-state index contributed by atoms with van der Waals surface area (Å²) in [5.74, 6) is 0. The molecule has 6 aromatic heterocycles. The van der Waals surface area contributed by atoms with E-state index in [9.17, 15) is 0 Å². The second-order valence-electron chi connectivity index (χ2n) is 29.9. The maximum Gasteiger partial charge on any atom is 0.137 e. The van der Waals surface area contributed by atoms with Crippen molar-refractivity contribution in [1.29, 1.82) is 0 Å². The average molecular weight is 1450 g/mol. The first-order chi connectivity index (χ1) is 56.5. The van der Waals surface area contributed by atoms with Crippen molar-refractivity contribution in [2.75, 3.05) is 0 Å². The number of benzene rings is 18. The Morgan fingerprint density at radius 3 is 0.719 bits per heavy atom. The molecule has 0 saturated heterocycles. The van der Waals surface area contributed by atoms with Gasteiger partial charge in [0.1, 0.15) is 22.3 Å². The Morgan fingerprint density at radius 2 is 0.360 bits per heavy atom. The second-order valence-corrected chi connectivity index (χ2v) is 29.9. The first-order valence-corrected chi connectivity index (χ1v) is 39.0. The fourth-order valence-corrected chi connectivity index (χ4v) is 18.0. The molecule has 0 saturated carbocycles. The molecule has 6 nitrogen and oxygen atoms in total. The predicted molar refractivity (Wildman–Crippen MR) is 477 cm³/mol. The molecule has 24 rings (SSSR count). The minimum absolute atomic E-state index is 0.894. The first-order valence-electron chi connectivity index (χ1n) is 39.0. The van der Waals surface area contributed by atoms with Crippen LogP contribution < -0.4 is 0 Å². The van der Waals surface area contributed by atoms with Gasteiger partial charge < -0.3 is 27.1 Å². The Hall–Kier alpha value is -15.2. The third kappa shape index (κ3) is 10.6. The van der Waals surface area contributed by atoms with Crippen LogP contribution in [0.5, 0.6) is 0 Å². The molecule has 0 aliphatic heterocycles. The van der Waals surface area contributed by atoms with Gasteiger partial charge in [0.15, 0.2) is 0 Å². The Kier molecular flexibility index (Phi) is 14.9. The van der Waals surface area contributed by atoms with Crippen LogP contribution in [-0.2, 0) is 0 Å². The molecule has 0 aliphatic rings. The molecular weight excluding hydrogens is 1390 g/mol. The van der Waals surface area contributed by atoms with Crippen LogP contribution in [0.1, 0.15) is 0 Å². The summed E-state index contributed by atoms with van der Waals surface area (Å²) < 4.78 is 22.5. The summed E-state index contributed by atoms with van der Waals surface area (Å²) in [6.07, 6.45) is 0. The fourth-order valence-electron chi connectivity index (χ4n) is 18.0. The van der Waals surface area contributed by atoms with Crippen LogP contribution in [-0.4, -0.2) is 18.3 Å². The topological polar surface area (TPSA) is 46.0 Å². The van der Waals surface area contributed by atoms with E-state index in [0.717, 1.165) is 88.7 Å². The van der Waals surface area contributed by atoms with Gasteiger partial charge in [-0.15, -0.1) is 0 Å². The van der Waals surface area contributed by atoms with E-state index in [2.05, 4.69) is 419 Å². The maximum atomic E-state index is 6.45. The Labute approximate surface area is 656 Å². The van der Waals surface area contributed by atoms with Gasteiger partial charge in [0, 0.05) is 93.5 Å². The molecule has 0 amide bonds. The molecule has 6 heteroatoms. The maximum absolute atomic E-state index is 6.45. The fraction of sp³-hybridized carbons (Fsp3) is 0. The van der Waals surface area contributed by atoms with E-state index in [4.69, 9.17) is 8.83 Å². The van der Waals surface area contributed by atoms with Crippen LogP contribution in [0.3, 0.4) is 0 Å². The Bertz CT molecular complexity index is 7890. The van der Waals surface area contributed by atoms with Gasteiger partial charge in [-0.2, -0.15) is 0 Å². The number of nitrogens with zero attached hydrogens (tertiary/aromatic N) is 4. The third-order valence-electron chi connectivity index (χ3n) is 23.5. The molecule has 18 aromatic carbocycles. The number of hydrogen-bond acceptors (Lipinski definition) is 2. The summed E-state index contributed by atoms with van der Waals surface area (Å²) in [5.41, 5.74) is 32.0. The zero-order valence-corrected chi connectivity index (χ0v) is 61.9. The molecule has 0 radical (unpaired) electrons. The molecule has 114 heavy (non-hydrogen) atoms. The number of furan rings is 2. The first kappa shape index (κ1) is 64.7. The van der Waals surface area contributed by atoms with E-state index < -0.39 is 0 Å². The van der Waals surface area contributed by atoms with Crippen molar-refractivity contribution < 1.29 is 8.83 Å². The summed E-state index contributed by atoms with van der Waals surface area (Å²) in [4.78, 5) is 0. The zero-order chi connectivity index (χ0) is 74.9. The van der Waals surface area contributed by atoms with Crippen LogP contribution in [0.2, 0.25) is 0 Å². The largest absolute Gasteiger partial charge is 0.456 e. The van der Waals surface area contributed by atoms with E-state index in [1.54, 1.807) is 0 Å². The predicted octanol–water partition coefficient (Wildman–Crippen LogP) is 29.6. The van der Waals surface area contributed by atoms with E-state index >= 15 is 0 Å². The van der Waals surface area contributed by atoms with E-state index in [0.29, 0.717) is 0 Å². The smallest absolute Gasteiger partial charge is 0.137 e. The SMILES string of the molecule is c1ccc(-c2ccc(-n3c4ccccc4c4cc(-c5ccc6c(c5)c5cc7c(cc5n6-c5ccc(-c6ccccc6)cc5)oc5ccccc57)ccc43)cc2)cc1.c1ccc(-c2ccc(-n3c4ccccc4c4cc(-c5ccc6c(c5)c5cc7oc8ccccc8c7cc5n6-c5ccc(-c6ccccc6)cc5)ccc43)cc2)cc1. The number of aromatic nitrogens is 4. The number of rotatable bonds is 10. The van der Waals surface area contributed by atoms with E-state index in [-0.39, 0.29) is 0 Å². The molecule has 532 valence electrons. The quantitative estimate of drug-likeness (QED) is 0.137. The molecule has 0 spiro atoms. The average Bonchev–Trinajstić information content (AvgIpc) is 1.57. The minimum Gasteiger partial charge on any atom is -0.456 e. The molecule has 0 bridgehead atoms. The Morgan fingerprint density at radius 1 is 0.123 bits per heavy atom. The lowest BCUT2D eigenvalue weighted by Gasteiger charge is -2.11. The highest BCUT2D eigenvalue weighted by molar-refractivity contribution is 6.21. The van der Waals surface area contributed by atoms with Crippen LogP contribution in [0.4, 0.5) is 0 Å². The third-order valence-corrected chi connectivity index (χ3v) is 23.5. The van der Waals surface area contributed by atoms with Gasteiger partial charge in [-0.1, -0.05) is 267 Å². The minimum atomic E-state index is 0.894. The van der Waals surface area contributed by atoms with Gasteiger partial charge >= 0.3 is 0 Å². The van der Waals surface area contributed by atoms with Crippen molar-refractivity contribution in [3.05, 3.63) is 413 Å². The van der Waals surface area contributed by atoms with Gasteiger partial charge in [-0.3, -0.25) is 0 Å². The highest BCUT2D eigenvalue weighted by atomic mass is 16.3. The van der Waals surface area contributed by atoms with E-state index in [1.165, 1.54) is 132 Å². The molecule has 6 heterocycles. The highest BCUT2D eigenvalue weighted by Crippen LogP contribution is 2.45. The Balaban J connectivity index is 0.000000135. The van der Waals surface area contributed by atoms with Crippen molar-refractivity contribution >= 4 is 131 Å². The number of fused-ring (bicyclic) bond motifs is 18. The molecule has 0 fully saturated rings. The normalized spacial score (nSPS) is 11.9. The molecule has 0 unspecified atom stereocenters. The van der Waals surface area contributed by atoms with Gasteiger partial charge in [-0.25, -0.2) is 0 Å². The van der Waals surface area contributed by atoms with Crippen molar-refractivity contribution in [2.45, 2.75) is 0 Å². The van der Waals surface area contributed by atoms with Crippen molar-refractivity contribution in [3.8, 4) is 89.5 Å². The van der Waals surface area contributed by atoms with Crippen LogP contribution in [0.15, 0.2) is 421 Å². The molecule has 0 atom stereocenters. The highest BCUT2D eigenvalue weighted by Gasteiger charge is 2.23. The zero-order valence-electron chi connectivity index (χ0n) is 61.9. The second kappa shape index (κ2) is 26.2. The lowest BCUT2D eigenvalue weighted by molar-refractivity contribution is 0.669. The standard InChI is InChI=1S/2C54H34N2O/c1-3-11-35(12-4-1)37-19-25-41(26-20-37)55-49-17-9-7-15-43(49)45-31-39(23-29-50(45)55)40-24-30-51-46(32-40)47-34-54-48(44-16-8-10-18-53(44)57-54)33-52(47)56(51)42-27-21-38(22-28-42)36-13-5-2-6-14-36;1-3-11-35(12-4-1)37-19-25-41(26-20-37)55-49-17-9-7-15-43(49)45-31-39(23-29-50(45)55)40-24-30-51-46(32-40)47-33-48-44-16-8-10-18-53(44)57-54(48)34-52(47)56(51)42-27-21-38(22-28-42)36-13-5-2-6-14-36/h2*1-34H. The van der Waals surface area contributed by atoms with Gasteiger partial charge in [-0.05, 0) is 206 Å². The summed E-state index contributed by atoms with van der Waals surface area (Å²) in [6.45, 7) is 0. The molecule has 0 N–H and O–H groups in total. The van der Waals surface area contributed by atoms with Gasteiger partial charge in [0.25, 0.3) is 0 Å². The molecule has 0 aliphatic carbocycles. The molecular formula is C108H68N4O2. The molecule has 24 aromatic rings. The summed E-state index contributed by atoms with van der Waals surface area (Å²) >= 11 is 0. The van der Waals surface area contributed by atoms with Crippen LogP contribution in [0, 0.1) is 0 Å². The monoisotopic (exact) mass is 1450 g/mol. The number of hydrogen-bond donors (Lipinski definition) is 0. The van der Waals surface area contributed by atoms with Crippen molar-refractivity contribution in [2.24, 2.45) is 0 Å².